The minimum atomic E-state index is -4.66. The monoisotopic (exact) mass is 602 g/mol. The number of alkyl halides is 4. The van der Waals surface area contributed by atoms with Crippen LogP contribution in [0.3, 0.4) is 0 Å². The summed E-state index contributed by atoms with van der Waals surface area (Å²) in [6.07, 6.45) is 0.431. The number of nitrogens with one attached hydrogen (secondary N) is 3. The van der Waals surface area contributed by atoms with Crippen LogP contribution in [0.5, 0.6) is 0 Å². The normalized spacial score (nSPS) is 14.0. The third kappa shape index (κ3) is 7.48. The van der Waals surface area contributed by atoms with Gasteiger partial charge in [0.05, 0.1) is 21.8 Å². The van der Waals surface area contributed by atoms with Gasteiger partial charge in [-0.3, -0.25) is 9.59 Å². The molecule has 0 aromatic heterocycles. The molecular weight excluding hydrogens is 576 g/mol. The maximum absolute atomic E-state index is 13.7. The molecule has 3 aromatic rings. The zero-order valence-corrected chi connectivity index (χ0v) is 23.3. The number of amides is 1. The number of Topliss-reactive ketones (excluding diaryl/α,β-unsaturated/α-hetero) is 1. The Kier molecular flexibility index (Phi) is 9.73. The number of piperidine rings is 1. The number of allylic oxidation sites excluding steroid dienone is 1. The summed E-state index contributed by atoms with van der Waals surface area (Å²) in [5.74, 6) is -0.814. The van der Waals surface area contributed by atoms with E-state index in [1.165, 1.54) is 6.07 Å². The quantitative estimate of drug-likeness (QED) is 0.0997. The number of ketones is 1. The predicted octanol–water partition coefficient (Wildman–Crippen LogP) is 8.17. The van der Waals surface area contributed by atoms with E-state index in [-0.39, 0.29) is 28.4 Å². The summed E-state index contributed by atoms with van der Waals surface area (Å²) in [7, 11) is 0. The Morgan fingerprint density at radius 1 is 1.00 bits per heavy atom. The summed E-state index contributed by atoms with van der Waals surface area (Å²) in [4.78, 5) is 28.9. The van der Waals surface area contributed by atoms with E-state index < -0.39 is 28.5 Å². The molecule has 0 radical (unpaired) electrons. The van der Waals surface area contributed by atoms with Crippen LogP contribution in [0.15, 0.2) is 72.4 Å². The second-order valence-corrected chi connectivity index (χ2v) is 10.2. The van der Waals surface area contributed by atoms with Gasteiger partial charge >= 0.3 is 6.18 Å². The highest BCUT2D eigenvalue weighted by molar-refractivity contribution is 6.31. The lowest BCUT2D eigenvalue weighted by atomic mass is 10.00. The van der Waals surface area contributed by atoms with E-state index in [1.807, 2.05) is 6.07 Å². The summed E-state index contributed by atoms with van der Waals surface area (Å²) in [6, 6.07) is 15.2. The lowest BCUT2D eigenvalue weighted by molar-refractivity contribution is -0.137. The zero-order chi connectivity index (χ0) is 29.6. The van der Waals surface area contributed by atoms with Crippen molar-refractivity contribution in [2.24, 2.45) is 0 Å². The molecule has 1 aliphatic rings. The first-order valence-electron chi connectivity index (χ1n) is 12.8. The SMILES string of the molecule is N=C/C(=C\Nc1ccc(Cl)c(C(F)(F)F)c1)C(=O)c1cc(N2CCCCC2)ccc1NC(=O)c1cccc(CCl)c1. The second kappa shape index (κ2) is 13.2. The van der Waals surface area contributed by atoms with Gasteiger partial charge in [-0.05, 0) is 73.4 Å². The minimum absolute atomic E-state index is 0.0311. The molecule has 1 saturated heterocycles. The Hall–Kier alpha value is -3.82. The van der Waals surface area contributed by atoms with Crippen LogP contribution in [-0.4, -0.2) is 31.0 Å². The molecule has 0 spiro atoms. The predicted molar refractivity (Wildman–Crippen MR) is 158 cm³/mol. The van der Waals surface area contributed by atoms with Crippen molar-refractivity contribution < 1.29 is 22.8 Å². The van der Waals surface area contributed by atoms with Gasteiger partial charge in [0.15, 0.2) is 5.78 Å². The van der Waals surface area contributed by atoms with E-state index in [9.17, 15) is 22.8 Å². The van der Waals surface area contributed by atoms with E-state index in [2.05, 4.69) is 15.5 Å². The van der Waals surface area contributed by atoms with E-state index in [0.717, 1.165) is 68.2 Å². The molecule has 41 heavy (non-hydrogen) atoms. The molecular formula is C30H27Cl2F3N4O2. The van der Waals surface area contributed by atoms with Gasteiger partial charge in [-0.2, -0.15) is 13.2 Å². The Balaban J connectivity index is 1.67. The van der Waals surface area contributed by atoms with Crippen LogP contribution >= 0.6 is 23.2 Å². The van der Waals surface area contributed by atoms with Gasteiger partial charge in [-0.1, -0.05) is 23.7 Å². The van der Waals surface area contributed by atoms with Gasteiger partial charge in [0.2, 0.25) is 0 Å². The van der Waals surface area contributed by atoms with Crippen molar-refractivity contribution in [1.82, 2.24) is 0 Å². The van der Waals surface area contributed by atoms with Crippen molar-refractivity contribution in [3.8, 4) is 0 Å². The molecule has 0 saturated carbocycles. The first kappa shape index (κ1) is 30.1. The average molecular weight is 603 g/mol. The lowest BCUT2D eigenvalue weighted by Crippen LogP contribution is -2.29. The number of carbonyl (C=O) groups excluding carboxylic acids is 2. The second-order valence-electron chi connectivity index (χ2n) is 9.48. The summed E-state index contributed by atoms with van der Waals surface area (Å²) in [6.45, 7) is 1.63. The summed E-state index contributed by atoms with van der Waals surface area (Å²) < 4.78 is 39.9. The molecule has 6 nitrogen and oxygen atoms in total. The Labute approximate surface area is 245 Å². The van der Waals surface area contributed by atoms with Crippen molar-refractivity contribution in [2.75, 3.05) is 28.6 Å². The molecule has 0 atom stereocenters. The van der Waals surface area contributed by atoms with Gasteiger partial charge in [0.25, 0.3) is 5.91 Å². The molecule has 3 aromatic carbocycles. The van der Waals surface area contributed by atoms with Crippen LogP contribution in [0.1, 0.15) is 51.1 Å². The van der Waals surface area contributed by atoms with Crippen molar-refractivity contribution >= 4 is 58.2 Å². The Bertz CT molecular complexity index is 1480. The van der Waals surface area contributed by atoms with Crippen LogP contribution in [0.4, 0.5) is 30.2 Å². The minimum Gasteiger partial charge on any atom is -0.372 e. The number of halogens is 5. The number of rotatable bonds is 9. The van der Waals surface area contributed by atoms with E-state index in [0.29, 0.717) is 5.56 Å². The molecule has 3 N–H and O–H groups in total. The van der Waals surface area contributed by atoms with Gasteiger partial charge in [-0.15, -0.1) is 11.6 Å². The average Bonchev–Trinajstić information content (AvgIpc) is 2.98. The molecule has 1 amide bonds. The van der Waals surface area contributed by atoms with E-state index in [4.69, 9.17) is 28.6 Å². The Morgan fingerprint density at radius 2 is 1.76 bits per heavy atom. The fourth-order valence-electron chi connectivity index (χ4n) is 4.49. The van der Waals surface area contributed by atoms with Crippen LogP contribution < -0.4 is 15.5 Å². The van der Waals surface area contributed by atoms with Crippen molar-refractivity contribution in [2.45, 2.75) is 31.3 Å². The zero-order valence-electron chi connectivity index (χ0n) is 21.8. The molecule has 0 bridgehead atoms. The first-order chi connectivity index (χ1) is 19.6. The molecule has 1 aliphatic heterocycles. The van der Waals surface area contributed by atoms with Gasteiger partial charge in [0.1, 0.15) is 0 Å². The highest BCUT2D eigenvalue weighted by atomic mass is 35.5. The molecule has 4 rings (SSSR count). The Morgan fingerprint density at radius 3 is 2.44 bits per heavy atom. The molecule has 0 unspecified atom stereocenters. The van der Waals surface area contributed by atoms with E-state index >= 15 is 0 Å². The topological polar surface area (TPSA) is 85.3 Å². The van der Waals surface area contributed by atoms with Crippen molar-refractivity contribution in [3.63, 3.8) is 0 Å². The van der Waals surface area contributed by atoms with Crippen molar-refractivity contribution in [3.05, 3.63) is 99.7 Å². The third-order valence-corrected chi connectivity index (χ3v) is 7.28. The maximum atomic E-state index is 13.7. The molecule has 1 heterocycles. The van der Waals surface area contributed by atoms with Crippen LogP contribution in [0.2, 0.25) is 5.02 Å². The number of carbonyl (C=O) groups is 2. The number of hydrogen-bond acceptors (Lipinski definition) is 5. The van der Waals surface area contributed by atoms with Crippen LogP contribution in [0, 0.1) is 5.41 Å². The summed E-state index contributed by atoms with van der Waals surface area (Å²) >= 11 is 11.6. The summed E-state index contributed by atoms with van der Waals surface area (Å²) in [5, 5.41) is 12.8. The highest BCUT2D eigenvalue weighted by Crippen LogP contribution is 2.36. The van der Waals surface area contributed by atoms with Gasteiger partial charge < -0.3 is 20.9 Å². The van der Waals surface area contributed by atoms with Gasteiger partial charge in [-0.25, -0.2) is 0 Å². The largest absolute Gasteiger partial charge is 0.417 e. The lowest BCUT2D eigenvalue weighted by Gasteiger charge is -2.29. The number of nitrogens with zero attached hydrogens (tertiary/aromatic N) is 1. The van der Waals surface area contributed by atoms with Crippen molar-refractivity contribution in [1.29, 1.82) is 5.41 Å². The maximum Gasteiger partial charge on any atom is 0.417 e. The molecule has 11 heteroatoms. The number of benzene rings is 3. The first-order valence-corrected chi connectivity index (χ1v) is 13.8. The van der Waals surface area contributed by atoms with E-state index in [1.54, 1.807) is 36.4 Å². The van der Waals surface area contributed by atoms with Gasteiger partial charge in [0, 0.05) is 53.9 Å². The standard InChI is InChI=1S/C30H27Cl2F3N4O2/c31-16-19-5-4-6-20(13-19)29(41)38-27-10-8-23(39-11-2-1-3-12-39)15-24(27)28(40)21(17-36)18-37-22-7-9-26(32)25(14-22)30(33,34)35/h4-10,13-15,17-18,36-37H,1-3,11-12,16H2,(H,38,41)/b21-18+,36-17?. The molecule has 214 valence electrons. The fourth-order valence-corrected chi connectivity index (χ4v) is 4.88. The van der Waals surface area contributed by atoms with Crippen LogP contribution in [-0.2, 0) is 12.1 Å². The molecule has 0 aliphatic carbocycles. The van der Waals surface area contributed by atoms with Crippen LogP contribution in [0.25, 0.3) is 0 Å². The third-order valence-electron chi connectivity index (χ3n) is 6.64. The summed E-state index contributed by atoms with van der Waals surface area (Å²) in [5.41, 5.74) is 1.14. The number of hydrogen-bond donors (Lipinski definition) is 3. The molecule has 1 fully saturated rings. The highest BCUT2D eigenvalue weighted by Gasteiger charge is 2.33. The smallest absolute Gasteiger partial charge is 0.372 e. The number of anilines is 3. The fraction of sp³-hybridized carbons (Fsp3) is 0.233.